The molecule has 1 N–H and O–H groups in total. The first-order chi connectivity index (χ1) is 13.3. The molecular weight excluding hydrogens is 370 g/mol. The Hall–Kier alpha value is -1.75. The molecule has 1 unspecified atom stereocenters. The number of Topliss-reactive ketones (excluding diaryl/α,β-unsaturated/α-hetero) is 1. The van der Waals surface area contributed by atoms with E-state index in [-0.39, 0.29) is 17.5 Å². The zero-order chi connectivity index (χ0) is 21.0. The van der Waals surface area contributed by atoms with Crippen LogP contribution in [0, 0.1) is 27.7 Å². The van der Waals surface area contributed by atoms with Gasteiger partial charge in [0.1, 0.15) is 12.4 Å². The minimum absolute atomic E-state index is 0.0358. The highest BCUT2D eigenvalue weighted by atomic mass is 32.1. The van der Waals surface area contributed by atoms with Crippen LogP contribution in [0.5, 0.6) is 0 Å². The molecule has 0 amide bonds. The smallest absolute Gasteiger partial charge is 0.168 e. The fourth-order valence-corrected chi connectivity index (χ4v) is 4.60. The van der Waals surface area contributed by atoms with Gasteiger partial charge in [0.05, 0.1) is 11.3 Å². The van der Waals surface area contributed by atoms with Crippen molar-refractivity contribution < 1.29 is 14.7 Å². The molecule has 28 heavy (non-hydrogen) atoms. The number of carbonyl (C=O) groups is 1. The summed E-state index contributed by atoms with van der Waals surface area (Å²) < 4.78 is 0. The maximum Gasteiger partial charge on any atom is 0.168 e. The maximum atomic E-state index is 13.0. The summed E-state index contributed by atoms with van der Waals surface area (Å²) in [5, 5.41) is 14.9. The maximum absolute atomic E-state index is 13.0. The van der Waals surface area contributed by atoms with Crippen LogP contribution >= 0.6 is 12.6 Å². The Morgan fingerprint density at radius 1 is 1.11 bits per heavy atom. The first-order valence-electron chi connectivity index (χ1n) is 10.1. The quantitative estimate of drug-likeness (QED) is 0.343. The number of aliphatic hydroxyl groups excluding tert-OH is 1. The van der Waals surface area contributed by atoms with Gasteiger partial charge in [-0.1, -0.05) is 18.5 Å². The summed E-state index contributed by atoms with van der Waals surface area (Å²) in [5.74, 6) is 0.666. The minimum Gasteiger partial charge on any atom is -0.511 e. The summed E-state index contributed by atoms with van der Waals surface area (Å²) in [6, 6.07) is 0. The van der Waals surface area contributed by atoms with Crippen LogP contribution in [0.2, 0.25) is 0 Å². The van der Waals surface area contributed by atoms with Gasteiger partial charge in [-0.05, 0) is 80.3 Å². The highest BCUT2D eigenvalue weighted by Crippen LogP contribution is 2.41. The molecule has 154 valence electrons. The Labute approximate surface area is 174 Å². The Balaban J connectivity index is 2.52. The molecule has 0 aliphatic heterocycles. The Morgan fingerprint density at radius 2 is 1.75 bits per heavy atom. The second-order valence-corrected chi connectivity index (χ2v) is 7.92. The lowest BCUT2D eigenvalue weighted by atomic mass is 9.75. The Morgan fingerprint density at radius 3 is 2.29 bits per heavy atom. The second kappa shape index (κ2) is 9.64. The van der Waals surface area contributed by atoms with E-state index >= 15 is 0 Å². The molecule has 1 atom stereocenters. The van der Waals surface area contributed by atoms with Gasteiger partial charge in [0.15, 0.2) is 5.78 Å². The van der Waals surface area contributed by atoms with E-state index < -0.39 is 0 Å². The molecule has 1 aliphatic carbocycles. The van der Waals surface area contributed by atoms with E-state index in [2.05, 4.69) is 45.5 Å². The topological polar surface area (TPSA) is 58.9 Å². The van der Waals surface area contributed by atoms with E-state index in [4.69, 9.17) is 4.84 Å². The van der Waals surface area contributed by atoms with Crippen molar-refractivity contribution in [3.63, 3.8) is 0 Å². The van der Waals surface area contributed by atoms with Gasteiger partial charge in [0.2, 0.25) is 0 Å². The molecule has 1 aromatic carbocycles. The van der Waals surface area contributed by atoms with E-state index in [1.54, 1.807) is 0 Å². The number of oxime groups is 1. The minimum atomic E-state index is -0.0546. The molecule has 0 fully saturated rings. The van der Waals surface area contributed by atoms with Gasteiger partial charge in [0, 0.05) is 18.6 Å². The summed E-state index contributed by atoms with van der Waals surface area (Å²) in [5.41, 5.74) is 8.26. The van der Waals surface area contributed by atoms with Crippen molar-refractivity contribution in [3.8, 4) is 0 Å². The standard InChI is InChI=1S/C23H33NO3S/c1-7-9-19(24-27-8-2)23-20(25)10-17(11-21(23)26)22-16(6)14(4)13(3)15(5)18(22)12-28/h17,25,28H,7-12H2,1-6H3. The molecule has 0 radical (unpaired) electrons. The summed E-state index contributed by atoms with van der Waals surface area (Å²) in [6.45, 7) is 12.8. The average Bonchev–Trinajstić information content (AvgIpc) is 2.66. The SMILES string of the molecule is CCCC(=NOCC)C1=C(O)CC(c2c(C)c(C)c(C)c(C)c2CS)CC1=O. The molecule has 0 spiro atoms. The number of allylic oxidation sites excluding steroid dienone is 2. The molecule has 0 aromatic heterocycles. The zero-order valence-electron chi connectivity index (χ0n) is 18.0. The lowest BCUT2D eigenvalue weighted by Gasteiger charge is -2.29. The number of hydrogen-bond donors (Lipinski definition) is 2. The van der Waals surface area contributed by atoms with Crippen molar-refractivity contribution >= 4 is 24.1 Å². The van der Waals surface area contributed by atoms with Crippen LogP contribution in [0.15, 0.2) is 16.5 Å². The average molecular weight is 404 g/mol. The summed E-state index contributed by atoms with van der Waals surface area (Å²) in [4.78, 5) is 18.2. The third-order valence-electron chi connectivity index (χ3n) is 5.95. The first-order valence-corrected chi connectivity index (χ1v) is 10.8. The Bertz CT molecular complexity index is 824. The highest BCUT2D eigenvalue weighted by molar-refractivity contribution is 7.79. The number of rotatable bonds is 7. The van der Waals surface area contributed by atoms with E-state index in [9.17, 15) is 9.90 Å². The molecule has 0 bridgehead atoms. The Kier molecular flexibility index (Phi) is 7.76. The lowest BCUT2D eigenvalue weighted by molar-refractivity contribution is -0.116. The monoisotopic (exact) mass is 403 g/mol. The van der Waals surface area contributed by atoms with Gasteiger partial charge >= 0.3 is 0 Å². The molecule has 4 nitrogen and oxygen atoms in total. The van der Waals surface area contributed by atoms with Gasteiger partial charge in [-0.2, -0.15) is 12.6 Å². The van der Waals surface area contributed by atoms with Crippen molar-refractivity contribution in [3.05, 3.63) is 44.7 Å². The molecule has 0 saturated carbocycles. The fraction of sp³-hybridized carbons (Fsp3) is 0.565. The van der Waals surface area contributed by atoms with E-state index in [1.807, 2.05) is 13.8 Å². The van der Waals surface area contributed by atoms with Crippen LogP contribution in [0.25, 0.3) is 0 Å². The summed E-state index contributed by atoms with van der Waals surface area (Å²) in [7, 11) is 0. The van der Waals surface area contributed by atoms with Crippen molar-refractivity contribution in [2.75, 3.05) is 6.61 Å². The normalized spacial score (nSPS) is 18.0. The number of nitrogens with zero attached hydrogens (tertiary/aromatic N) is 1. The van der Waals surface area contributed by atoms with Gasteiger partial charge in [-0.25, -0.2) is 0 Å². The summed E-state index contributed by atoms with van der Waals surface area (Å²) >= 11 is 4.56. The van der Waals surface area contributed by atoms with Crippen LogP contribution in [-0.2, 0) is 15.4 Å². The number of thiol groups is 1. The van der Waals surface area contributed by atoms with Crippen molar-refractivity contribution in [2.45, 2.75) is 78.9 Å². The van der Waals surface area contributed by atoms with E-state index in [0.717, 1.165) is 6.42 Å². The number of benzene rings is 1. The summed E-state index contributed by atoms with van der Waals surface area (Å²) in [6.07, 6.45) is 2.26. The van der Waals surface area contributed by atoms with Gasteiger partial charge < -0.3 is 9.94 Å². The predicted octanol–water partition coefficient (Wildman–Crippen LogP) is 5.80. The first kappa shape index (κ1) is 22.5. The number of aliphatic hydroxyl groups is 1. The highest BCUT2D eigenvalue weighted by Gasteiger charge is 2.33. The molecule has 0 heterocycles. The largest absolute Gasteiger partial charge is 0.511 e. The number of carbonyl (C=O) groups excluding carboxylic acids is 1. The van der Waals surface area contributed by atoms with Gasteiger partial charge in [0.25, 0.3) is 0 Å². The number of ketones is 1. The zero-order valence-corrected chi connectivity index (χ0v) is 18.9. The van der Waals surface area contributed by atoms with Crippen LogP contribution < -0.4 is 0 Å². The third-order valence-corrected chi connectivity index (χ3v) is 6.27. The van der Waals surface area contributed by atoms with Crippen molar-refractivity contribution in [1.29, 1.82) is 0 Å². The fourth-order valence-electron chi connectivity index (χ4n) is 4.20. The van der Waals surface area contributed by atoms with E-state index in [1.165, 1.54) is 33.4 Å². The molecule has 2 rings (SSSR count). The predicted molar refractivity (Wildman–Crippen MR) is 119 cm³/mol. The van der Waals surface area contributed by atoms with Crippen molar-refractivity contribution in [1.82, 2.24) is 0 Å². The molecule has 1 aromatic rings. The van der Waals surface area contributed by atoms with Crippen LogP contribution in [0.4, 0.5) is 0 Å². The van der Waals surface area contributed by atoms with Crippen molar-refractivity contribution in [2.24, 2.45) is 5.16 Å². The lowest BCUT2D eigenvalue weighted by Crippen LogP contribution is -2.25. The van der Waals surface area contributed by atoms with Gasteiger partial charge in [-0.3, -0.25) is 4.79 Å². The second-order valence-electron chi connectivity index (χ2n) is 7.61. The van der Waals surface area contributed by atoms with Crippen LogP contribution in [0.1, 0.15) is 78.8 Å². The van der Waals surface area contributed by atoms with Crippen LogP contribution in [-0.4, -0.2) is 23.2 Å². The third kappa shape index (κ3) is 4.29. The molecular formula is C23H33NO3S. The number of hydrogen-bond acceptors (Lipinski definition) is 5. The molecule has 1 aliphatic rings. The van der Waals surface area contributed by atoms with E-state index in [0.29, 0.717) is 42.9 Å². The van der Waals surface area contributed by atoms with Crippen LogP contribution in [0.3, 0.4) is 0 Å². The molecule has 5 heteroatoms. The van der Waals surface area contributed by atoms with Gasteiger partial charge in [-0.15, -0.1) is 0 Å². The molecule has 0 saturated heterocycles.